The molecule has 0 aliphatic heterocycles. The number of amides is 1. The number of thioether (sulfide) groups is 1. The van der Waals surface area contributed by atoms with E-state index in [-0.39, 0.29) is 5.91 Å². The smallest absolute Gasteiger partial charge is 0.234 e. The van der Waals surface area contributed by atoms with Gasteiger partial charge in [0, 0.05) is 10.6 Å². The molecule has 25 heavy (non-hydrogen) atoms. The van der Waals surface area contributed by atoms with Crippen molar-refractivity contribution in [3.63, 3.8) is 0 Å². The Balaban J connectivity index is 1.56. The first-order valence-electron chi connectivity index (χ1n) is 8.01. The summed E-state index contributed by atoms with van der Waals surface area (Å²) in [7, 11) is -3.34. The van der Waals surface area contributed by atoms with Gasteiger partial charge in [0.15, 0.2) is 0 Å². The Morgan fingerprint density at radius 2 is 1.84 bits per heavy atom. The van der Waals surface area contributed by atoms with Crippen LogP contribution in [-0.4, -0.2) is 26.3 Å². The molecule has 0 spiro atoms. The van der Waals surface area contributed by atoms with Crippen molar-refractivity contribution in [1.82, 2.24) is 0 Å². The molecular weight excluding hydrogens is 356 g/mol. The average Bonchev–Trinajstić information content (AvgIpc) is 2.99. The molecule has 132 valence electrons. The molecule has 0 bridgehead atoms. The Morgan fingerprint density at radius 3 is 2.64 bits per heavy atom. The predicted molar refractivity (Wildman–Crippen MR) is 103 cm³/mol. The highest BCUT2D eigenvalue weighted by Crippen LogP contribution is 2.27. The van der Waals surface area contributed by atoms with Crippen molar-refractivity contribution in [3.05, 3.63) is 53.6 Å². The second-order valence-electron chi connectivity index (χ2n) is 6.08. The van der Waals surface area contributed by atoms with E-state index in [1.807, 2.05) is 0 Å². The minimum Gasteiger partial charge on any atom is -0.325 e. The molecule has 0 saturated carbocycles. The zero-order chi connectivity index (χ0) is 17.9. The molecule has 0 saturated heterocycles. The Bertz CT molecular complexity index is 895. The first-order chi connectivity index (χ1) is 11.9. The number of sulfonamides is 1. The third-order valence-corrected chi connectivity index (χ3v) is 5.49. The molecule has 5 nitrogen and oxygen atoms in total. The Labute approximate surface area is 152 Å². The molecule has 0 unspecified atom stereocenters. The van der Waals surface area contributed by atoms with Gasteiger partial charge >= 0.3 is 0 Å². The van der Waals surface area contributed by atoms with Crippen LogP contribution in [-0.2, 0) is 27.7 Å². The molecule has 1 amide bonds. The average molecular weight is 377 g/mol. The van der Waals surface area contributed by atoms with Gasteiger partial charge in [0.2, 0.25) is 15.9 Å². The molecule has 2 aromatic rings. The Hall–Kier alpha value is -1.99. The highest BCUT2D eigenvalue weighted by atomic mass is 32.2. The minimum atomic E-state index is -3.34. The van der Waals surface area contributed by atoms with Crippen LogP contribution in [0.5, 0.6) is 0 Å². The van der Waals surface area contributed by atoms with E-state index in [2.05, 4.69) is 28.2 Å². The summed E-state index contributed by atoms with van der Waals surface area (Å²) in [5, 5.41) is 2.80. The largest absolute Gasteiger partial charge is 0.325 e. The lowest BCUT2D eigenvalue weighted by molar-refractivity contribution is -0.113. The summed E-state index contributed by atoms with van der Waals surface area (Å²) in [5.41, 5.74) is 3.80. The van der Waals surface area contributed by atoms with Crippen molar-refractivity contribution in [1.29, 1.82) is 0 Å². The van der Waals surface area contributed by atoms with Gasteiger partial charge in [-0.2, -0.15) is 0 Å². The minimum absolute atomic E-state index is 0.123. The van der Waals surface area contributed by atoms with Crippen LogP contribution in [0.4, 0.5) is 11.4 Å². The lowest BCUT2D eigenvalue weighted by Gasteiger charge is -2.09. The van der Waals surface area contributed by atoms with E-state index in [0.717, 1.165) is 24.0 Å². The maximum atomic E-state index is 12.1. The monoisotopic (exact) mass is 376 g/mol. The highest BCUT2D eigenvalue weighted by Gasteiger charge is 2.12. The topological polar surface area (TPSA) is 75.3 Å². The van der Waals surface area contributed by atoms with E-state index in [0.29, 0.717) is 17.1 Å². The predicted octanol–water partition coefficient (Wildman–Crippen LogP) is 3.28. The molecular formula is C18H20N2O3S2. The first kappa shape index (κ1) is 17.8. The summed E-state index contributed by atoms with van der Waals surface area (Å²) in [5.74, 6) is 0.185. The molecule has 0 fully saturated rings. The highest BCUT2D eigenvalue weighted by molar-refractivity contribution is 8.00. The first-order valence-corrected chi connectivity index (χ1v) is 10.9. The van der Waals surface area contributed by atoms with Crippen molar-refractivity contribution < 1.29 is 13.2 Å². The molecule has 1 aliphatic rings. The van der Waals surface area contributed by atoms with Gasteiger partial charge < -0.3 is 5.32 Å². The van der Waals surface area contributed by atoms with Gasteiger partial charge in [-0.25, -0.2) is 8.42 Å². The van der Waals surface area contributed by atoms with Crippen molar-refractivity contribution in [2.24, 2.45) is 0 Å². The van der Waals surface area contributed by atoms with Gasteiger partial charge in [0.1, 0.15) is 0 Å². The maximum absolute atomic E-state index is 12.1. The van der Waals surface area contributed by atoms with Gasteiger partial charge in [-0.3, -0.25) is 9.52 Å². The molecule has 0 radical (unpaired) electrons. The lowest BCUT2D eigenvalue weighted by Crippen LogP contribution is -2.14. The zero-order valence-electron chi connectivity index (χ0n) is 13.9. The Morgan fingerprint density at radius 1 is 1.08 bits per heavy atom. The van der Waals surface area contributed by atoms with Crippen LogP contribution in [0.15, 0.2) is 47.4 Å². The van der Waals surface area contributed by atoms with E-state index in [1.54, 1.807) is 24.3 Å². The van der Waals surface area contributed by atoms with Crippen LogP contribution < -0.4 is 10.0 Å². The van der Waals surface area contributed by atoms with Crippen LogP contribution in [0, 0.1) is 0 Å². The molecule has 7 heteroatoms. The van der Waals surface area contributed by atoms with E-state index >= 15 is 0 Å². The summed E-state index contributed by atoms with van der Waals surface area (Å²) < 4.78 is 24.9. The standard InChI is InChI=1S/C18H20N2O3S2/c1-25(22,23)20-16-7-3-6-15(11-16)19-18(21)12-24-17-9-8-13-4-2-5-14(13)10-17/h3,6-11,20H,2,4-5,12H2,1H3,(H,19,21). The molecule has 2 aromatic carbocycles. The number of carbonyl (C=O) groups is 1. The summed E-state index contributed by atoms with van der Waals surface area (Å²) in [4.78, 5) is 13.2. The lowest BCUT2D eigenvalue weighted by atomic mass is 10.1. The number of rotatable bonds is 6. The van der Waals surface area contributed by atoms with Gasteiger partial charge in [0.25, 0.3) is 0 Å². The fourth-order valence-electron chi connectivity index (χ4n) is 2.86. The van der Waals surface area contributed by atoms with Crippen molar-refractivity contribution in [2.75, 3.05) is 22.0 Å². The van der Waals surface area contributed by atoms with Crippen LogP contribution in [0.3, 0.4) is 0 Å². The molecule has 3 rings (SSSR count). The number of aryl methyl sites for hydroxylation is 2. The van der Waals surface area contributed by atoms with E-state index in [1.165, 1.54) is 29.3 Å². The van der Waals surface area contributed by atoms with Crippen LogP contribution in [0.25, 0.3) is 0 Å². The van der Waals surface area contributed by atoms with Crippen molar-refractivity contribution >= 4 is 39.1 Å². The number of anilines is 2. The number of nitrogens with one attached hydrogen (secondary N) is 2. The van der Waals surface area contributed by atoms with Crippen LogP contribution in [0.1, 0.15) is 17.5 Å². The van der Waals surface area contributed by atoms with Crippen molar-refractivity contribution in [2.45, 2.75) is 24.2 Å². The number of carbonyl (C=O) groups excluding carboxylic acids is 1. The van der Waals surface area contributed by atoms with Crippen LogP contribution in [0.2, 0.25) is 0 Å². The third kappa shape index (κ3) is 5.24. The fraction of sp³-hybridized carbons (Fsp3) is 0.278. The summed E-state index contributed by atoms with van der Waals surface area (Å²) in [6.07, 6.45) is 4.57. The SMILES string of the molecule is CS(=O)(=O)Nc1cccc(NC(=O)CSc2ccc3c(c2)CCC3)c1. The zero-order valence-corrected chi connectivity index (χ0v) is 15.5. The van der Waals surface area contributed by atoms with Gasteiger partial charge in [-0.1, -0.05) is 12.1 Å². The fourth-order valence-corrected chi connectivity index (χ4v) is 4.17. The Kier molecular flexibility index (Phi) is 5.34. The second-order valence-corrected chi connectivity index (χ2v) is 8.87. The third-order valence-electron chi connectivity index (χ3n) is 3.89. The molecule has 2 N–H and O–H groups in total. The maximum Gasteiger partial charge on any atom is 0.234 e. The van der Waals surface area contributed by atoms with E-state index < -0.39 is 10.0 Å². The summed E-state index contributed by atoms with van der Waals surface area (Å²) in [6, 6.07) is 13.1. The second kappa shape index (κ2) is 7.49. The molecule has 1 aliphatic carbocycles. The van der Waals surface area contributed by atoms with Crippen molar-refractivity contribution in [3.8, 4) is 0 Å². The number of hydrogen-bond donors (Lipinski definition) is 2. The van der Waals surface area contributed by atoms with Gasteiger partial charge in [-0.05, 0) is 60.7 Å². The summed E-state index contributed by atoms with van der Waals surface area (Å²) >= 11 is 1.50. The van der Waals surface area contributed by atoms with E-state index in [9.17, 15) is 13.2 Å². The number of fused-ring (bicyclic) bond motifs is 1. The quantitative estimate of drug-likeness (QED) is 0.759. The van der Waals surface area contributed by atoms with Crippen LogP contribution >= 0.6 is 11.8 Å². The molecule has 0 heterocycles. The van der Waals surface area contributed by atoms with Gasteiger partial charge in [-0.15, -0.1) is 11.8 Å². The number of benzene rings is 2. The van der Waals surface area contributed by atoms with Gasteiger partial charge in [0.05, 0.1) is 17.7 Å². The summed E-state index contributed by atoms with van der Waals surface area (Å²) in [6.45, 7) is 0. The number of hydrogen-bond acceptors (Lipinski definition) is 4. The normalized spacial score (nSPS) is 13.3. The molecule has 0 aromatic heterocycles. The van der Waals surface area contributed by atoms with E-state index in [4.69, 9.17) is 0 Å². The molecule has 0 atom stereocenters.